The van der Waals surface area contributed by atoms with E-state index in [4.69, 9.17) is 9.47 Å². The molecule has 2 unspecified atom stereocenters. The Labute approximate surface area is 131 Å². The fourth-order valence-corrected chi connectivity index (χ4v) is 3.53. The third-order valence-corrected chi connectivity index (χ3v) is 4.77. The molecular weight excluding hydrogens is 264 g/mol. The summed E-state index contributed by atoms with van der Waals surface area (Å²) >= 11 is 0. The SMILES string of the molecule is CCCNC1C(N(CCCOC)CCOC)CCC1(C)C. The molecule has 0 radical (unpaired) electrons. The molecule has 0 aliphatic heterocycles. The summed E-state index contributed by atoms with van der Waals surface area (Å²) in [5.41, 5.74) is 0.381. The van der Waals surface area contributed by atoms with Crippen molar-refractivity contribution in [3.8, 4) is 0 Å². The lowest BCUT2D eigenvalue weighted by atomic mass is 9.86. The van der Waals surface area contributed by atoms with Gasteiger partial charge in [-0.2, -0.15) is 0 Å². The van der Waals surface area contributed by atoms with Gasteiger partial charge in [0, 0.05) is 46.0 Å². The molecule has 0 aromatic heterocycles. The summed E-state index contributed by atoms with van der Waals surface area (Å²) in [5.74, 6) is 0. The smallest absolute Gasteiger partial charge is 0.0589 e. The molecule has 0 bridgehead atoms. The highest BCUT2D eigenvalue weighted by Gasteiger charge is 2.43. The number of hydrogen-bond donors (Lipinski definition) is 1. The van der Waals surface area contributed by atoms with Crippen LogP contribution < -0.4 is 5.32 Å². The van der Waals surface area contributed by atoms with Crippen molar-refractivity contribution in [1.82, 2.24) is 10.2 Å². The Morgan fingerprint density at radius 1 is 1.14 bits per heavy atom. The Morgan fingerprint density at radius 2 is 1.86 bits per heavy atom. The number of nitrogens with one attached hydrogen (secondary N) is 1. The highest BCUT2D eigenvalue weighted by atomic mass is 16.5. The summed E-state index contributed by atoms with van der Waals surface area (Å²) in [6.07, 6.45) is 4.87. The molecule has 0 amide bonds. The predicted octanol–water partition coefficient (Wildman–Crippen LogP) is 2.53. The number of nitrogens with zero attached hydrogens (tertiary/aromatic N) is 1. The van der Waals surface area contributed by atoms with E-state index in [1.165, 1.54) is 19.3 Å². The van der Waals surface area contributed by atoms with E-state index in [1.54, 1.807) is 14.2 Å². The highest BCUT2D eigenvalue weighted by molar-refractivity contribution is 5.01. The molecule has 0 aromatic rings. The summed E-state index contributed by atoms with van der Waals surface area (Å²) in [6.45, 7) is 11.9. The van der Waals surface area contributed by atoms with Crippen molar-refractivity contribution >= 4 is 0 Å². The minimum Gasteiger partial charge on any atom is -0.385 e. The van der Waals surface area contributed by atoms with Gasteiger partial charge in [-0.05, 0) is 37.6 Å². The maximum atomic E-state index is 5.31. The van der Waals surface area contributed by atoms with Crippen LogP contribution in [0.3, 0.4) is 0 Å². The fourth-order valence-electron chi connectivity index (χ4n) is 3.53. The van der Waals surface area contributed by atoms with Gasteiger partial charge in [0.25, 0.3) is 0 Å². The molecule has 2 atom stereocenters. The van der Waals surface area contributed by atoms with Gasteiger partial charge in [-0.25, -0.2) is 0 Å². The lowest BCUT2D eigenvalue weighted by molar-refractivity contribution is 0.0880. The van der Waals surface area contributed by atoms with Gasteiger partial charge in [0.15, 0.2) is 0 Å². The quantitative estimate of drug-likeness (QED) is 0.595. The predicted molar refractivity (Wildman–Crippen MR) is 88.8 cm³/mol. The van der Waals surface area contributed by atoms with Gasteiger partial charge in [0.05, 0.1) is 6.61 Å². The lowest BCUT2D eigenvalue weighted by Gasteiger charge is -2.38. The van der Waals surface area contributed by atoms with E-state index in [2.05, 4.69) is 31.0 Å². The van der Waals surface area contributed by atoms with E-state index in [1.807, 2.05) is 0 Å². The molecule has 0 saturated heterocycles. The van der Waals surface area contributed by atoms with Crippen LogP contribution >= 0.6 is 0 Å². The Bertz CT molecular complexity index is 272. The van der Waals surface area contributed by atoms with Crippen molar-refractivity contribution < 1.29 is 9.47 Å². The Balaban J connectivity index is 2.67. The van der Waals surface area contributed by atoms with Gasteiger partial charge in [0.1, 0.15) is 0 Å². The Morgan fingerprint density at radius 3 is 2.48 bits per heavy atom. The van der Waals surface area contributed by atoms with Crippen LogP contribution in [-0.4, -0.2) is 64.1 Å². The Hall–Kier alpha value is -0.160. The molecule has 1 N–H and O–H groups in total. The summed E-state index contributed by atoms with van der Waals surface area (Å²) in [4.78, 5) is 2.62. The number of ether oxygens (including phenoxy) is 2. The molecule has 126 valence electrons. The maximum absolute atomic E-state index is 5.31. The van der Waals surface area contributed by atoms with E-state index in [0.29, 0.717) is 17.5 Å². The lowest BCUT2D eigenvalue weighted by Crippen LogP contribution is -2.53. The van der Waals surface area contributed by atoms with E-state index >= 15 is 0 Å². The first-order chi connectivity index (χ1) is 10.1. The van der Waals surface area contributed by atoms with Crippen LogP contribution in [-0.2, 0) is 9.47 Å². The molecule has 1 aliphatic rings. The molecule has 0 aromatic carbocycles. The minimum atomic E-state index is 0.381. The molecule has 0 spiro atoms. The van der Waals surface area contributed by atoms with Gasteiger partial charge in [-0.3, -0.25) is 4.90 Å². The van der Waals surface area contributed by atoms with Crippen molar-refractivity contribution in [2.45, 2.75) is 58.5 Å². The Kier molecular flexibility index (Phi) is 8.79. The van der Waals surface area contributed by atoms with E-state index in [0.717, 1.165) is 39.3 Å². The number of hydrogen-bond acceptors (Lipinski definition) is 4. The van der Waals surface area contributed by atoms with Crippen LogP contribution in [0.2, 0.25) is 0 Å². The topological polar surface area (TPSA) is 33.7 Å². The minimum absolute atomic E-state index is 0.381. The highest BCUT2D eigenvalue weighted by Crippen LogP contribution is 2.39. The van der Waals surface area contributed by atoms with Crippen molar-refractivity contribution in [1.29, 1.82) is 0 Å². The zero-order chi connectivity index (χ0) is 15.7. The molecular formula is C17H36N2O2. The third-order valence-electron chi connectivity index (χ3n) is 4.77. The van der Waals surface area contributed by atoms with Crippen LogP contribution in [0.5, 0.6) is 0 Å². The zero-order valence-corrected chi connectivity index (χ0v) is 14.8. The second kappa shape index (κ2) is 9.78. The van der Waals surface area contributed by atoms with Crippen LogP contribution in [0, 0.1) is 5.41 Å². The largest absolute Gasteiger partial charge is 0.385 e. The molecule has 4 nitrogen and oxygen atoms in total. The van der Waals surface area contributed by atoms with Gasteiger partial charge in [0.2, 0.25) is 0 Å². The van der Waals surface area contributed by atoms with Crippen molar-refractivity contribution in [3.05, 3.63) is 0 Å². The van der Waals surface area contributed by atoms with Gasteiger partial charge in [-0.1, -0.05) is 20.8 Å². The fraction of sp³-hybridized carbons (Fsp3) is 1.00. The van der Waals surface area contributed by atoms with E-state index in [-0.39, 0.29) is 0 Å². The maximum Gasteiger partial charge on any atom is 0.0589 e. The van der Waals surface area contributed by atoms with Crippen LogP contribution in [0.15, 0.2) is 0 Å². The molecule has 1 fully saturated rings. The van der Waals surface area contributed by atoms with Crippen LogP contribution in [0.4, 0.5) is 0 Å². The molecule has 1 saturated carbocycles. The van der Waals surface area contributed by atoms with Crippen LogP contribution in [0.25, 0.3) is 0 Å². The first-order valence-electron chi connectivity index (χ1n) is 8.52. The van der Waals surface area contributed by atoms with Gasteiger partial charge >= 0.3 is 0 Å². The molecule has 1 aliphatic carbocycles. The normalized spacial score (nSPS) is 24.9. The zero-order valence-electron chi connectivity index (χ0n) is 14.8. The summed E-state index contributed by atoms with van der Waals surface area (Å²) in [5, 5.41) is 3.81. The number of rotatable bonds is 11. The molecule has 1 rings (SSSR count). The van der Waals surface area contributed by atoms with Crippen molar-refractivity contribution in [2.75, 3.05) is 47.1 Å². The first kappa shape index (κ1) is 18.9. The van der Waals surface area contributed by atoms with Gasteiger partial charge < -0.3 is 14.8 Å². The van der Waals surface area contributed by atoms with Crippen molar-refractivity contribution in [2.24, 2.45) is 5.41 Å². The average Bonchev–Trinajstić information content (AvgIpc) is 2.75. The molecule has 0 heterocycles. The standard InChI is InChI=1S/C17H36N2O2/c1-6-10-18-16-15(8-9-17(16,2)3)19(12-14-21-5)11-7-13-20-4/h15-16,18H,6-14H2,1-5H3. The monoisotopic (exact) mass is 300 g/mol. The van der Waals surface area contributed by atoms with E-state index in [9.17, 15) is 0 Å². The molecule has 4 heteroatoms. The first-order valence-corrected chi connectivity index (χ1v) is 8.52. The summed E-state index contributed by atoms with van der Waals surface area (Å²) < 4.78 is 10.5. The van der Waals surface area contributed by atoms with Gasteiger partial charge in [-0.15, -0.1) is 0 Å². The molecule has 21 heavy (non-hydrogen) atoms. The van der Waals surface area contributed by atoms with Crippen LogP contribution in [0.1, 0.15) is 46.5 Å². The average molecular weight is 300 g/mol. The second-order valence-corrected chi connectivity index (χ2v) is 6.90. The summed E-state index contributed by atoms with van der Waals surface area (Å²) in [7, 11) is 3.57. The van der Waals surface area contributed by atoms with Crippen molar-refractivity contribution in [3.63, 3.8) is 0 Å². The van der Waals surface area contributed by atoms with E-state index < -0.39 is 0 Å². The second-order valence-electron chi connectivity index (χ2n) is 6.90. The third kappa shape index (κ3) is 5.85. The number of methoxy groups -OCH3 is 2. The summed E-state index contributed by atoms with van der Waals surface area (Å²) in [6, 6.07) is 1.20.